The minimum absolute atomic E-state index is 0.325. The van der Waals surface area contributed by atoms with Crippen LogP contribution >= 0.6 is 15.9 Å². The lowest BCUT2D eigenvalue weighted by Gasteiger charge is -2.20. The quantitative estimate of drug-likeness (QED) is 0.925. The number of benzene rings is 1. The van der Waals surface area contributed by atoms with Crippen molar-refractivity contribution in [3.05, 3.63) is 33.8 Å². The summed E-state index contributed by atoms with van der Waals surface area (Å²) in [6.45, 7) is 5.26. The largest absolute Gasteiger partial charge is 0.478 e. The van der Waals surface area contributed by atoms with Crippen LogP contribution in [-0.2, 0) is 6.54 Å². The van der Waals surface area contributed by atoms with Crippen molar-refractivity contribution >= 4 is 21.9 Å². The average molecular weight is 327 g/mol. The maximum absolute atomic E-state index is 10.9. The Morgan fingerprint density at radius 3 is 2.79 bits per heavy atom. The Labute approximate surface area is 122 Å². The molecule has 0 bridgehead atoms. The summed E-state index contributed by atoms with van der Waals surface area (Å²) in [7, 11) is 2.15. The van der Waals surface area contributed by atoms with Crippen molar-refractivity contribution in [2.75, 3.05) is 33.2 Å². The van der Waals surface area contributed by atoms with E-state index >= 15 is 0 Å². The number of carboxylic acid groups (broad SMARTS) is 1. The maximum atomic E-state index is 10.9. The molecule has 0 aromatic heterocycles. The molecular weight excluding hydrogens is 308 g/mol. The molecule has 1 aromatic rings. The minimum Gasteiger partial charge on any atom is -0.478 e. The first-order chi connectivity index (χ1) is 9.06. The summed E-state index contributed by atoms with van der Waals surface area (Å²) in [4.78, 5) is 15.7. The van der Waals surface area contributed by atoms with Gasteiger partial charge >= 0.3 is 5.97 Å². The Morgan fingerprint density at radius 2 is 2.11 bits per heavy atom. The van der Waals surface area contributed by atoms with E-state index in [0.29, 0.717) is 5.56 Å². The summed E-state index contributed by atoms with van der Waals surface area (Å²) < 4.78 is 0.880. The molecule has 0 unspecified atom stereocenters. The molecule has 1 aliphatic rings. The van der Waals surface area contributed by atoms with Gasteiger partial charge in [0.15, 0.2) is 0 Å². The first-order valence-corrected chi connectivity index (χ1v) is 7.28. The molecule has 1 N–H and O–H groups in total. The van der Waals surface area contributed by atoms with Gasteiger partial charge in [-0.1, -0.05) is 22.0 Å². The van der Waals surface area contributed by atoms with Crippen LogP contribution in [0.25, 0.3) is 0 Å². The SMILES string of the molecule is CN1CCCN(Cc2ccc(C(=O)O)cc2Br)CC1. The molecule has 0 radical (unpaired) electrons. The molecule has 0 spiro atoms. The summed E-state index contributed by atoms with van der Waals surface area (Å²) in [6.07, 6.45) is 1.18. The zero-order valence-electron chi connectivity index (χ0n) is 11.1. The van der Waals surface area contributed by atoms with E-state index in [1.165, 1.54) is 6.42 Å². The molecule has 1 aromatic carbocycles. The number of likely N-dealkylation sites (N-methyl/N-ethyl adjacent to an activating group) is 1. The van der Waals surface area contributed by atoms with E-state index in [9.17, 15) is 4.79 Å². The third-order valence-electron chi connectivity index (χ3n) is 3.51. The lowest BCUT2D eigenvalue weighted by Crippen LogP contribution is -2.28. The summed E-state index contributed by atoms with van der Waals surface area (Å²) in [5.74, 6) is -0.886. The molecule has 104 valence electrons. The van der Waals surface area contributed by atoms with Gasteiger partial charge in [0, 0.05) is 24.1 Å². The van der Waals surface area contributed by atoms with Crippen LogP contribution in [0.4, 0.5) is 0 Å². The first-order valence-electron chi connectivity index (χ1n) is 6.49. The molecule has 0 atom stereocenters. The fourth-order valence-electron chi connectivity index (χ4n) is 2.31. The zero-order valence-corrected chi connectivity index (χ0v) is 12.7. The Hall–Kier alpha value is -0.910. The molecule has 4 nitrogen and oxygen atoms in total. The number of carboxylic acids is 1. The third-order valence-corrected chi connectivity index (χ3v) is 4.24. The lowest BCUT2D eigenvalue weighted by molar-refractivity contribution is 0.0697. The normalized spacial score (nSPS) is 18.2. The number of aromatic carboxylic acids is 1. The van der Waals surface area contributed by atoms with Crippen LogP contribution in [-0.4, -0.2) is 54.1 Å². The van der Waals surface area contributed by atoms with Crippen LogP contribution in [0.15, 0.2) is 22.7 Å². The molecule has 0 aliphatic carbocycles. The Balaban J connectivity index is 2.04. The van der Waals surface area contributed by atoms with Crippen LogP contribution in [0, 0.1) is 0 Å². The summed E-state index contributed by atoms with van der Waals surface area (Å²) in [5.41, 5.74) is 1.47. The van der Waals surface area contributed by atoms with Gasteiger partial charge in [-0.3, -0.25) is 4.90 Å². The van der Waals surface area contributed by atoms with Crippen molar-refractivity contribution in [3.8, 4) is 0 Å². The van der Waals surface area contributed by atoms with Crippen LogP contribution < -0.4 is 0 Å². The van der Waals surface area contributed by atoms with Crippen molar-refractivity contribution in [3.63, 3.8) is 0 Å². The van der Waals surface area contributed by atoms with Crippen molar-refractivity contribution in [2.45, 2.75) is 13.0 Å². The van der Waals surface area contributed by atoms with Crippen molar-refractivity contribution in [1.29, 1.82) is 0 Å². The Bertz CT molecular complexity index is 465. The van der Waals surface area contributed by atoms with Crippen molar-refractivity contribution in [2.24, 2.45) is 0 Å². The van der Waals surface area contributed by atoms with Crippen molar-refractivity contribution < 1.29 is 9.90 Å². The van der Waals surface area contributed by atoms with E-state index in [-0.39, 0.29) is 0 Å². The highest BCUT2D eigenvalue weighted by Gasteiger charge is 2.14. The van der Waals surface area contributed by atoms with Gasteiger partial charge in [-0.2, -0.15) is 0 Å². The van der Waals surface area contributed by atoms with Gasteiger partial charge in [0.1, 0.15) is 0 Å². The van der Waals surface area contributed by atoms with E-state index in [2.05, 4.69) is 32.8 Å². The highest BCUT2D eigenvalue weighted by molar-refractivity contribution is 9.10. The van der Waals surface area contributed by atoms with Gasteiger partial charge in [-0.25, -0.2) is 4.79 Å². The fraction of sp³-hybridized carbons (Fsp3) is 0.500. The van der Waals surface area contributed by atoms with Crippen LogP contribution in [0.3, 0.4) is 0 Å². The van der Waals surface area contributed by atoms with Gasteiger partial charge in [0.2, 0.25) is 0 Å². The van der Waals surface area contributed by atoms with E-state index in [1.807, 2.05) is 6.07 Å². The van der Waals surface area contributed by atoms with Crippen molar-refractivity contribution in [1.82, 2.24) is 9.80 Å². The maximum Gasteiger partial charge on any atom is 0.335 e. The number of hydrogen-bond acceptors (Lipinski definition) is 3. The Kier molecular flexibility index (Phi) is 4.96. The van der Waals surface area contributed by atoms with Crippen LogP contribution in [0.1, 0.15) is 22.3 Å². The molecule has 0 saturated carbocycles. The molecule has 1 aliphatic heterocycles. The summed E-state index contributed by atoms with van der Waals surface area (Å²) in [6, 6.07) is 5.26. The third kappa shape index (κ3) is 4.03. The van der Waals surface area contributed by atoms with E-state index in [4.69, 9.17) is 5.11 Å². The van der Waals surface area contributed by atoms with Crippen LogP contribution in [0.5, 0.6) is 0 Å². The average Bonchev–Trinajstić information content (AvgIpc) is 2.57. The molecule has 0 amide bonds. The van der Waals surface area contributed by atoms with Gasteiger partial charge in [-0.05, 0) is 44.3 Å². The smallest absolute Gasteiger partial charge is 0.335 e. The topological polar surface area (TPSA) is 43.8 Å². The summed E-state index contributed by atoms with van der Waals surface area (Å²) >= 11 is 3.47. The van der Waals surface area contributed by atoms with Gasteiger partial charge in [-0.15, -0.1) is 0 Å². The molecule has 1 saturated heterocycles. The van der Waals surface area contributed by atoms with E-state index in [1.54, 1.807) is 12.1 Å². The first kappa shape index (κ1) is 14.5. The molecule has 1 fully saturated rings. The Morgan fingerprint density at radius 1 is 1.32 bits per heavy atom. The zero-order chi connectivity index (χ0) is 13.8. The molecule has 1 heterocycles. The lowest BCUT2D eigenvalue weighted by atomic mass is 10.1. The fourth-order valence-corrected chi connectivity index (χ4v) is 2.81. The van der Waals surface area contributed by atoms with E-state index < -0.39 is 5.97 Å². The second-order valence-electron chi connectivity index (χ2n) is 5.04. The molecule has 2 rings (SSSR count). The molecular formula is C14H19BrN2O2. The minimum atomic E-state index is -0.886. The predicted molar refractivity (Wildman–Crippen MR) is 78.5 cm³/mol. The number of halogens is 1. The van der Waals surface area contributed by atoms with Gasteiger partial charge in [0.25, 0.3) is 0 Å². The molecule has 19 heavy (non-hydrogen) atoms. The van der Waals surface area contributed by atoms with Gasteiger partial charge in [0.05, 0.1) is 5.56 Å². The molecule has 5 heteroatoms. The summed E-state index contributed by atoms with van der Waals surface area (Å²) in [5, 5.41) is 8.95. The van der Waals surface area contributed by atoms with Crippen LogP contribution in [0.2, 0.25) is 0 Å². The van der Waals surface area contributed by atoms with Gasteiger partial charge < -0.3 is 10.0 Å². The highest BCUT2D eigenvalue weighted by Crippen LogP contribution is 2.21. The number of carbonyl (C=O) groups is 1. The standard InChI is InChI=1S/C14H19BrN2O2/c1-16-5-2-6-17(8-7-16)10-12-4-3-11(14(18)19)9-13(12)15/h3-4,9H,2,5-8,10H2,1H3,(H,18,19). The van der Waals surface area contributed by atoms with E-state index in [0.717, 1.165) is 42.8 Å². The number of nitrogens with zero attached hydrogens (tertiary/aromatic N) is 2. The number of hydrogen-bond donors (Lipinski definition) is 1. The highest BCUT2D eigenvalue weighted by atomic mass is 79.9. The second kappa shape index (κ2) is 6.50. The monoisotopic (exact) mass is 326 g/mol. The number of rotatable bonds is 3. The predicted octanol–water partition coefficient (Wildman–Crippen LogP) is 2.28. The second-order valence-corrected chi connectivity index (χ2v) is 5.90.